The highest BCUT2D eigenvalue weighted by molar-refractivity contribution is 5.88. The molecule has 0 radical (unpaired) electrons. The van der Waals surface area contributed by atoms with Crippen molar-refractivity contribution in [2.24, 2.45) is 0 Å². The Kier molecular flexibility index (Phi) is 3.66. The van der Waals surface area contributed by atoms with E-state index in [2.05, 4.69) is 11.7 Å². The molecule has 0 aliphatic rings. The summed E-state index contributed by atoms with van der Waals surface area (Å²) in [7, 11) is 0. The molecule has 0 aliphatic carbocycles. The van der Waals surface area contributed by atoms with E-state index in [1.54, 1.807) is 17.7 Å². The van der Waals surface area contributed by atoms with Crippen LogP contribution in [0.2, 0.25) is 0 Å². The topological polar surface area (TPSA) is 44.1 Å². The molecule has 0 unspecified atom stereocenters. The highest BCUT2D eigenvalue weighted by Gasteiger charge is 2.15. The average Bonchev–Trinajstić information content (AvgIpc) is 2.59. The van der Waals surface area contributed by atoms with E-state index in [0.29, 0.717) is 12.3 Å². The van der Waals surface area contributed by atoms with Gasteiger partial charge in [0.1, 0.15) is 0 Å². The van der Waals surface area contributed by atoms with Gasteiger partial charge in [0.2, 0.25) is 0 Å². The Labute approximate surface area is 89.5 Å². The summed E-state index contributed by atoms with van der Waals surface area (Å²) in [5.41, 5.74) is 2.01. The number of carbonyl (C=O) groups is 1. The van der Waals surface area contributed by atoms with Gasteiger partial charge in [-0.15, -0.1) is 0 Å². The van der Waals surface area contributed by atoms with Crippen molar-refractivity contribution in [2.75, 3.05) is 6.61 Å². The van der Waals surface area contributed by atoms with Crippen LogP contribution in [0.5, 0.6) is 0 Å². The minimum atomic E-state index is -0.354. The van der Waals surface area contributed by atoms with Crippen LogP contribution in [0.4, 0.5) is 0 Å². The monoisotopic (exact) mass is 208 g/mol. The number of aryl methyl sites for hydroxylation is 1. The summed E-state index contributed by atoms with van der Waals surface area (Å²) >= 11 is 0. The molecule has 0 atom stereocenters. The number of carbonyl (C=O) groups excluding carboxylic acids is 1. The van der Waals surface area contributed by atoms with Gasteiger partial charge in [0, 0.05) is 5.70 Å². The summed E-state index contributed by atoms with van der Waals surface area (Å²) in [6.45, 7) is 9.80. The molecule has 4 heteroatoms. The highest BCUT2D eigenvalue weighted by Crippen LogP contribution is 2.13. The van der Waals surface area contributed by atoms with Gasteiger partial charge in [0.25, 0.3) is 0 Å². The fraction of sp³-hybridized carbons (Fsp3) is 0.455. The third-order valence-electron chi connectivity index (χ3n) is 2.02. The summed E-state index contributed by atoms with van der Waals surface area (Å²) in [4.78, 5) is 11.6. The van der Waals surface area contributed by atoms with Crippen LogP contribution in [-0.4, -0.2) is 22.4 Å². The average molecular weight is 208 g/mol. The second-order valence-electron chi connectivity index (χ2n) is 3.22. The number of esters is 1. The van der Waals surface area contributed by atoms with Gasteiger partial charge in [-0.3, -0.25) is 0 Å². The van der Waals surface area contributed by atoms with E-state index in [9.17, 15) is 4.79 Å². The number of allylic oxidation sites excluding steroid dienone is 1. The van der Waals surface area contributed by atoms with E-state index in [1.807, 2.05) is 13.8 Å². The van der Waals surface area contributed by atoms with Crippen molar-refractivity contribution in [1.82, 2.24) is 9.78 Å². The summed E-state index contributed by atoms with van der Waals surface area (Å²) in [6, 6.07) is 1.71. The van der Waals surface area contributed by atoms with Gasteiger partial charge in [-0.2, -0.15) is 5.10 Å². The van der Waals surface area contributed by atoms with Gasteiger partial charge >= 0.3 is 5.97 Å². The largest absolute Gasteiger partial charge is 0.461 e. The van der Waals surface area contributed by atoms with Gasteiger partial charge in [0.05, 0.1) is 12.3 Å². The van der Waals surface area contributed by atoms with Crippen molar-refractivity contribution in [3.8, 4) is 0 Å². The lowest BCUT2D eigenvalue weighted by Gasteiger charge is -2.07. The van der Waals surface area contributed by atoms with Crippen molar-refractivity contribution >= 4 is 11.7 Å². The minimum absolute atomic E-state index is 0.354. The van der Waals surface area contributed by atoms with Crippen molar-refractivity contribution in [2.45, 2.75) is 27.2 Å². The van der Waals surface area contributed by atoms with Gasteiger partial charge in [0.15, 0.2) is 5.69 Å². The molecule has 0 amide bonds. The molecule has 1 heterocycles. The van der Waals surface area contributed by atoms with Crippen LogP contribution in [0.25, 0.3) is 5.70 Å². The zero-order valence-electron chi connectivity index (χ0n) is 9.41. The first-order valence-electron chi connectivity index (χ1n) is 5.02. The number of ether oxygens (including phenoxy) is 1. The maximum absolute atomic E-state index is 11.6. The predicted molar refractivity (Wildman–Crippen MR) is 58.5 cm³/mol. The normalized spacial score (nSPS) is 10.1. The van der Waals surface area contributed by atoms with Gasteiger partial charge < -0.3 is 4.74 Å². The summed E-state index contributed by atoms with van der Waals surface area (Å²) in [6.07, 6.45) is 0.744. The molecule has 0 spiro atoms. The van der Waals surface area contributed by atoms with E-state index in [0.717, 1.165) is 17.8 Å². The van der Waals surface area contributed by atoms with Crippen molar-refractivity contribution < 1.29 is 9.53 Å². The Hall–Kier alpha value is -1.58. The van der Waals surface area contributed by atoms with E-state index in [1.165, 1.54) is 0 Å². The molecule has 15 heavy (non-hydrogen) atoms. The highest BCUT2D eigenvalue weighted by atomic mass is 16.5. The molecule has 82 valence electrons. The smallest absolute Gasteiger partial charge is 0.357 e. The molecule has 0 fully saturated rings. The summed E-state index contributed by atoms with van der Waals surface area (Å²) < 4.78 is 6.48. The van der Waals surface area contributed by atoms with Crippen LogP contribution in [0, 0.1) is 6.92 Å². The first kappa shape index (κ1) is 11.5. The fourth-order valence-electron chi connectivity index (χ4n) is 1.24. The van der Waals surface area contributed by atoms with Gasteiger partial charge in [-0.05, 0) is 26.3 Å². The molecule has 4 nitrogen and oxygen atoms in total. The SMILES string of the molecule is C=C(CC)n1nc(C)cc1C(=O)OCC. The first-order valence-corrected chi connectivity index (χ1v) is 5.02. The predicted octanol–water partition coefficient (Wildman–Crippen LogP) is 2.25. The summed E-state index contributed by atoms with van der Waals surface area (Å²) in [5.74, 6) is -0.354. The zero-order chi connectivity index (χ0) is 11.4. The third kappa shape index (κ3) is 2.46. The Morgan fingerprint density at radius 3 is 2.80 bits per heavy atom. The molecule has 0 saturated carbocycles. The molecule has 1 aromatic rings. The zero-order valence-corrected chi connectivity index (χ0v) is 9.41. The molecule has 0 aromatic carbocycles. The lowest BCUT2D eigenvalue weighted by molar-refractivity contribution is 0.0516. The Morgan fingerprint density at radius 1 is 1.60 bits per heavy atom. The summed E-state index contributed by atoms with van der Waals surface area (Å²) in [5, 5.41) is 4.20. The molecule has 0 aliphatic heterocycles. The maximum Gasteiger partial charge on any atom is 0.357 e. The van der Waals surface area contributed by atoms with Gasteiger partial charge in [-0.25, -0.2) is 9.48 Å². The standard InChI is InChI=1S/C11H16N2O2/c1-5-9(4)13-10(7-8(3)12-13)11(14)15-6-2/h7H,4-6H2,1-3H3. The van der Waals surface area contributed by atoms with Crippen LogP contribution in [0.15, 0.2) is 12.6 Å². The van der Waals surface area contributed by atoms with Crippen LogP contribution in [0.3, 0.4) is 0 Å². The third-order valence-corrected chi connectivity index (χ3v) is 2.02. The molecular formula is C11H16N2O2. The van der Waals surface area contributed by atoms with Crippen molar-refractivity contribution in [3.63, 3.8) is 0 Å². The minimum Gasteiger partial charge on any atom is -0.461 e. The number of aromatic nitrogens is 2. The second kappa shape index (κ2) is 4.77. The molecule has 1 rings (SSSR count). The first-order chi connectivity index (χ1) is 7.10. The number of hydrogen-bond acceptors (Lipinski definition) is 3. The van der Waals surface area contributed by atoms with E-state index >= 15 is 0 Å². The fourth-order valence-corrected chi connectivity index (χ4v) is 1.24. The maximum atomic E-state index is 11.6. The van der Waals surface area contributed by atoms with Crippen LogP contribution >= 0.6 is 0 Å². The number of rotatable bonds is 4. The van der Waals surface area contributed by atoms with E-state index < -0.39 is 0 Å². The lowest BCUT2D eigenvalue weighted by atomic mass is 10.3. The van der Waals surface area contributed by atoms with Crippen LogP contribution < -0.4 is 0 Å². The molecular weight excluding hydrogens is 192 g/mol. The number of nitrogens with zero attached hydrogens (tertiary/aromatic N) is 2. The van der Waals surface area contributed by atoms with E-state index in [4.69, 9.17) is 4.74 Å². The molecule has 1 aromatic heterocycles. The quantitative estimate of drug-likeness (QED) is 0.713. The molecule has 0 bridgehead atoms. The number of hydrogen-bond donors (Lipinski definition) is 0. The van der Waals surface area contributed by atoms with Crippen LogP contribution in [0.1, 0.15) is 36.5 Å². The van der Waals surface area contributed by atoms with Crippen molar-refractivity contribution in [1.29, 1.82) is 0 Å². The second-order valence-corrected chi connectivity index (χ2v) is 3.22. The molecule has 0 saturated heterocycles. The Morgan fingerprint density at radius 2 is 2.27 bits per heavy atom. The lowest BCUT2D eigenvalue weighted by Crippen LogP contribution is -2.12. The Balaban J connectivity index is 3.06. The van der Waals surface area contributed by atoms with Crippen molar-refractivity contribution in [3.05, 3.63) is 24.0 Å². The molecule has 0 N–H and O–H groups in total. The van der Waals surface area contributed by atoms with Crippen LogP contribution in [-0.2, 0) is 4.74 Å². The Bertz CT molecular complexity index is 380. The van der Waals surface area contributed by atoms with E-state index in [-0.39, 0.29) is 5.97 Å². The van der Waals surface area contributed by atoms with Gasteiger partial charge in [-0.1, -0.05) is 13.5 Å².